The first-order valence-corrected chi connectivity index (χ1v) is 17.7. The second-order valence-electron chi connectivity index (χ2n) is 11.5. The topological polar surface area (TPSA) is 98.7 Å². The van der Waals surface area contributed by atoms with Gasteiger partial charge in [-0.3, -0.25) is 14.7 Å². The molecule has 15 heteroatoms. The van der Waals surface area contributed by atoms with Crippen molar-refractivity contribution in [2.45, 2.75) is 42.4 Å². The van der Waals surface area contributed by atoms with Crippen molar-refractivity contribution in [1.29, 1.82) is 0 Å². The Hall–Kier alpha value is -3.56. The lowest BCUT2D eigenvalue weighted by atomic mass is 10.1. The summed E-state index contributed by atoms with van der Waals surface area (Å²) in [4.78, 5) is 26.7. The average molecular weight is 705 g/mol. The van der Waals surface area contributed by atoms with Gasteiger partial charge >= 0.3 is 6.18 Å². The fourth-order valence-electron chi connectivity index (χ4n) is 5.84. The van der Waals surface area contributed by atoms with Crippen LogP contribution in [0.5, 0.6) is 0 Å². The lowest BCUT2D eigenvalue weighted by Gasteiger charge is -2.35. The SMILES string of the molecule is O=C(NCc1cc(-c2ccc(C(F)(F)F)cc2)nc(N2CCN(Cc3ccncc3)CC2)c1)C1CCCN1S(=O)(=O)c1ccc(Cl)s1. The fraction of sp³-hybridized carbons (Fsp3) is 0.344. The van der Waals surface area contributed by atoms with E-state index in [0.717, 1.165) is 43.1 Å². The summed E-state index contributed by atoms with van der Waals surface area (Å²) in [6, 6.07) is 14.5. The molecule has 1 atom stereocenters. The van der Waals surface area contributed by atoms with Crippen LogP contribution in [0.1, 0.15) is 29.5 Å². The molecule has 2 fully saturated rings. The highest BCUT2D eigenvalue weighted by atomic mass is 35.5. The number of amides is 1. The van der Waals surface area contributed by atoms with E-state index in [2.05, 4.69) is 20.1 Å². The monoisotopic (exact) mass is 704 g/mol. The molecule has 0 bridgehead atoms. The van der Waals surface area contributed by atoms with E-state index < -0.39 is 33.7 Å². The van der Waals surface area contributed by atoms with Gasteiger partial charge in [0.15, 0.2) is 0 Å². The third kappa shape index (κ3) is 7.78. The van der Waals surface area contributed by atoms with E-state index in [-0.39, 0.29) is 17.3 Å². The zero-order chi connectivity index (χ0) is 33.2. The van der Waals surface area contributed by atoms with Gasteiger partial charge < -0.3 is 10.2 Å². The number of thiophene rings is 1. The second-order valence-corrected chi connectivity index (χ2v) is 15.3. The van der Waals surface area contributed by atoms with Crippen molar-refractivity contribution in [2.75, 3.05) is 37.6 Å². The number of hydrogen-bond donors (Lipinski definition) is 1. The van der Waals surface area contributed by atoms with Crippen molar-refractivity contribution < 1.29 is 26.4 Å². The Morgan fingerprint density at radius 2 is 1.68 bits per heavy atom. The van der Waals surface area contributed by atoms with Crippen LogP contribution in [-0.2, 0) is 34.1 Å². The quantitative estimate of drug-likeness (QED) is 0.240. The Balaban J connectivity index is 1.20. The van der Waals surface area contributed by atoms with Gasteiger partial charge in [-0.25, -0.2) is 13.4 Å². The maximum Gasteiger partial charge on any atom is 0.416 e. The van der Waals surface area contributed by atoms with E-state index in [4.69, 9.17) is 16.6 Å². The minimum atomic E-state index is -4.46. The number of aromatic nitrogens is 2. The van der Waals surface area contributed by atoms with Gasteiger partial charge in [-0.05, 0) is 72.5 Å². The largest absolute Gasteiger partial charge is 0.416 e. The summed E-state index contributed by atoms with van der Waals surface area (Å²) >= 11 is 6.92. The molecule has 0 aliphatic carbocycles. The van der Waals surface area contributed by atoms with Crippen LogP contribution >= 0.6 is 22.9 Å². The van der Waals surface area contributed by atoms with E-state index in [0.29, 0.717) is 52.9 Å². The highest BCUT2D eigenvalue weighted by Crippen LogP contribution is 2.33. The van der Waals surface area contributed by atoms with Crippen LogP contribution in [0.2, 0.25) is 4.34 Å². The molecule has 2 saturated heterocycles. The molecule has 1 amide bonds. The molecule has 5 heterocycles. The van der Waals surface area contributed by atoms with Crippen molar-refractivity contribution >= 4 is 44.7 Å². The normalized spacial score (nSPS) is 18.0. The lowest BCUT2D eigenvalue weighted by molar-refractivity contribution is -0.137. The maximum absolute atomic E-state index is 13.4. The summed E-state index contributed by atoms with van der Waals surface area (Å²) in [5.74, 6) is 0.225. The molecule has 3 aromatic heterocycles. The molecular weight excluding hydrogens is 673 g/mol. The van der Waals surface area contributed by atoms with Gasteiger partial charge in [-0.1, -0.05) is 23.7 Å². The molecule has 0 spiro atoms. The number of nitrogens with one attached hydrogen (secondary N) is 1. The molecule has 1 unspecified atom stereocenters. The van der Waals surface area contributed by atoms with Crippen LogP contribution in [0.15, 0.2) is 77.3 Å². The zero-order valence-corrected chi connectivity index (χ0v) is 27.5. The number of piperazine rings is 1. The maximum atomic E-state index is 13.4. The summed E-state index contributed by atoms with van der Waals surface area (Å²) in [5.41, 5.74) is 2.08. The number of carbonyl (C=O) groups excluding carboxylic acids is 1. The molecule has 1 N–H and O–H groups in total. The highest BCUT2D eigenvalue weighted by Gasteiger charge is 2.40. The molecule has 1 aromatic carbocycles. The predicted molar refractivity (Wildman–Crippen MR) is 174 cm³/mol. The molecule has 0 saturated carbocycles. The van der Waals surface area contributed by atoms with Crippen molar-refractivity contribution in [3.8, 4) is 11.3 Å². The molecule has 9 nitrogen and oxygen atoms in total. The summed E-state index contributed by atoms with van der Waals surface area (Å²) in [7, 11) is -3.89. The number of alkyl halides is 3. The van der Waals surface area contributed by atoms with E-state index in [1.165, 1.54) is 34.1 Å². The highest BCUT2D eigenvalue weighted by molar-refractivity contribution is 7.91. The van der Waals surface area contributed by atoms with Crippen LogP contribution in [0, 0.1) is 0 Å². The third-order valence-corrected chi connectivity index (χ3v) is 11.9. The van der Waals surface area contributed by atoms with Crippen molar-refractivity contribution in [3.05, 3.63) is 94.1 Å². The Bertz CT molecular complexity index is 1820. The number of hydrogen-bond acceptors (Lipinski definition) is 8. The Labute approximate surface area is 280 Å². The summed E-state index contributed by atoms with van der Waals surface area (Å²) in [5, 5.41) is 2.90. The number of anilines is 1. The van der Waals surface area contributed by atoms with E-state index in [1.54, 1.807) is 18.5 Å². The van der Waals surface area contributed by atoms with Gasteiger partial charge in [-0.2, -0.15) is 17.5 Å². The van der Waals surface area contributed by atoms with Crippen LogP contribution in [0.25, 0.3) is 11.3 Å². The first-order chi connectivity index (χ1) is 22.5. The van der Waals surface area contributed by atoms with Gasteiger partial charge in [0, 0.05) is 63.8 Å². The van der Waals surface area contributed by atoms with E-state index in [9.17, 15) is 26.4 Å². The summed E-state index contributed by atoms with van der Waals surface area (Å²) < 4.78 is 68.0. The number of sulfonamides is 1. The molecule has 47 heavy (non-hydrogen) atoms. The molecule has 2 aliphatic heterocycles. The van der Waals surface area contributed by atoms with Crippen LogP contribution in [0.3, 0.4) is 0 Å². The van der Waals surface area contributed by atoms with Crippen molar-refractivity contribution in [3.63, 3.8) is 0 Å². The van der Waals surface area contributed by atoms with Gasteiger partial charge in [-0.15, -0.1) is 11.3 Å². The number of carbonyl (C=O) groups is 1. The molecule has 248 valence electrons. The van der Waals surface area contributed by atoms with E-state index >= 15 is 0 Å². The second kappa shape index (κ2) is 13.9. The van der Waals surface area contributed by atoms with Crippen LogP contribution < -0.4 is 10.2 Å². The molecular formula is C32H32ClF3N6O3S2. The number of nitrogens with zero attached hydrogens (tertiary/aromatic N) is 5. The Kier molecular flexibility index (Phi) is 9.85. The third-order valence-electron chi connectivity index (χ3n) is 8.32. The van der Waals surface area contributed by atoms with Crippen LogP contribution in [0.4, 0.5) is 19.0 Å². The number of rotatable bonds is 9. The average Bonchev–Trinajstić information content (AvgIpc) is 3.75. The molecule has 6 rings (SSSR count). The smallest absolute Gasteiger partial charge is 0.354 e. The minimum Gasteiger partial charge on any atom is -0.354 e. The first-order valence-electron chi connectivity index (χ1n) is 15.1. The first kappa shape index (κ1) is 33.3. The number of pyridine rings is 2. The predicted octanol–water partition coefficient (Wildman–Crippen LogP) is 5.67. The Morgan fingerprint density at radius 1 is 0.957 bits per heavy atom. The van der Waals surface area contributed by atoms with Gasteiger partial charge in [0.1, 0.15) is 16.1 Å². The van der Waals surface area contributed by atoms with E-state index in [1.807, 2.05) is 18.2 Å². The minimum absolute atomic E-state index is 0.0826. The van der Waals surface area contributed by atoms with Crippen molar-refractivity contribution in [2.24, 2.45) is 0 Å². The van der Waals surface area contributed by atoms with Gasteiger partial charge in [0.05, 0.1) is 15.6 Å². The lowest BCUT2D eigenvalue weighted by Crippen LogP contribution is -2.46. The number of benzene rings is 1. The molecule has 2 aliphatic rings. The summed E-state index contributed by atoms with van der Waals surface area (Å²) in [6.45, 7) is 4.02. The standard InChI is InChI=1S/C32H32ClF3N6O3S2/c33-28-7-8-30(46-28)47(44,45)42-13-1-2-27(42)31(43)38-20-23-18-26(24-3-5-25(6-4-24)32(34,35)36)39-29(19-23)41-16-14-40(15-17-41)21-22-9-11-37-12-10-22/h3-12,18-19,27H,1-2,13-17,20-21H2,(H,38,43). The Morgan fingerprint density at radius 3 is 2.34 bits per heavy atom. The van der Waals surface area contributed by atoms with Gasteiger partial charge in [0.2, 0.25) is 5.91 Å². The summed E-state index contributed by atoms with van der Waals surface area (Å²) in [6.07, 6.45) is 0.000890. The fourth-order valence-corrected chi connectivity index (χ4v) is 9.11. The molecule has 0 radical (unpaired) electrons. The molecule has 4 aromatic rings. The van der Waals surface area contributed by atoms with Crippen LogP contribution in [-0.4, -0.2) is 72.3 Å². The van der Waals surface area contributed by atoms with Crippen molar-refractivity contribution in [1.82, 2.24) is 24.5 Å². The zero-order valence-electron chi connectivity index (χ0n) is 25.2. The van der Waals surface area contributed by atoms with Gasteiger partial charge in [0.25, 0.3) is 10.0 Å². The number of halogens is 4.